The number of phenolic OH excluding ortho intramolecular Hbond substituents is 1. The first-order chi connectivity index (χ1) is 16.4. The summed E-state index contributed by atoms with van der Waals surface area (Å²) in [6.45, 7) is 2.13. The van der Waals surface area contributed by atoms with Crippen LogP contribution in [0.5, 0.6) is 11.5 Å². The zero-order chi connectivity index (χ0) is 24.3. The number of carboxylic acids is 1. The van der Waals surface area contributed by atoms with E-state index in [4.69, 9.17) is 4.74 Å². The maximum absolute atomic E-state index is 12.5. The fourth-order valence-electron chi connectivity index (χ4n) is 2.99. The van der Waals surface area contributed by atoms with Crippen LogP contribution in [0.25, 0.3) is 0 Å². The van der Waals surface area contributed by atoms with Crippen LogP contribution in [-0.4, -0.2) is 71.1 Å². The molecule has 2 aromatic carbocycles. The van der Waals surface area contributed by atoms with E-state index >= 15 is 0 Å². The first kappa shape index (κ1) is 25.0. The number of ether oxygens (including phenoxy) is 1. The molecule has 0 radical (unpaired) electrons. The number of carbonyl (C=O) groups excluding carboxylic acids is 1. The summed E-state index contributed by atoms with van der Waals surface area (Å²) in [6, 6.07) is 11.2. The minimum absolute atomic E-state index is 0.0421. The number of benzene rings is 2. The van der Waals surface area contributed by atoms with Crippen LogP contribution in [0.4, 0.5) is 0 Å². The average molecular weight is 490 g/mol. The van der Waals surface area contributed by atoms with Gasteiger partial charge in [-0.25, -0.2) is 8.93 Å². The van der Waals surface area contributed by atoms with Crippen molar-refractivity contribution in [2.45, 2.75) is 17.4 Å². The van der Waals surface area contributed by atoms with Gasteiger partial charge in [0.05, 0.1) is 17.0 Å². The fraction of sp³-hybridized carbons (Fsp3) is 0.318. The summed E-state index contributed by atoms with van der Waals surface area (Å²) in [5, 5.41) is 28.3. The molecule has 182 valence electrons. The van der Waals surface area contributed by atoms with Crippen LogP contribution in [-0.2, 0) is 15.8 Å². The first-order valence-electron chi connectivity index (χ1n) is 10.7. The Kier molecular flexibility index (Phi) is 9.23. The van der Waals surface area contributed by atoms with E-state index < -0.39 is 28.9 Å². The van der Waals surface area contributed by atoms with Gasteiger partial charge >= 0.3 is 5.97 Å². The number of aliphatic carboxylic acids is 1. The van der Waals surface area contributed by atoms with E-state index in [0.29, 0.717) is 23.8 Å². The van der Waals surface area contributed by atoms with Gasteiger partial charge in [0.2, 0.25) is 0 Å². The summed E-state index contributed by atoms with van der Waals surface area (Å²) in [6.07, 6.45) is 1.00. The van der Waals surface area contributed by atoms with Gasteiger partial charge < -0.3 is 30.9 Å². The van der Waals surface area contributed by atoms with Crippen molar-refractivity contribution >= 4 is 28.8 Å². The van der Waals surface area contributed by atoms with Gasteiger partial charge in [-0.3, -0.25) is 14.6 Å². The van der Waals surface area contributed by atoms with E-state index in [0.717, 1.165) is 25.5 Å². The second-order valence-corrected chi connectivity index (χ2v) is 8.51. The lowest BCUT2D eigenvalue weighted by atomic mass is 10.1. The molecule has 0 saturated heterocycles. The van der Waals surface area contributed by atoms with Crippen molar-refractivity contribution in [3.8, 4) is 11.5 Å². The Morgan fingerprint density at radius 1 is 1.21 bits per heavy atom. The molecule has 0 aliphatic carbocycles. The highest BCUT2D eigenvalue weighted by atomic mass is 32.2. The van der Waals surface area contributed by atoms with Crippen LogP contribution in [0, 0.1) is 0 Å². The molecule has 0 spiro atoms. The Morgan fingerprint density at radius 2 is 2.00 bits per heavy atom. The van der Waals surface area contributed by atoms with Crippen molar-refractivity contribution in [2.24, 2.45) is 4.99 Å². The first-order valence-corrected chi connectivity index (χ1v) is 11.8. The summed E-state index contributed by atoms with van der Waals surface area (Å²) in [4.78, 5) is 28.7. The van der Waals surface area contributed by atoms with Gasteiger partial charge in [0.15, 0.2) is 5.96 Å². The van der Waals surface area contributed by atoms with Gasteiger partial charge in [-0.05, 0) is 30.7 Å². The number of rotatable bonds is 11. The zero-order valence-corrected chi connectivity index (χ0v) is 19.1. The minimum Gasteiger partial charge on any atom is -0.507 e. The van der Waals surface area contributed by atoms with Gasteiger partial charge in [-0.15, -0.1) is 0 Å². The summed E-state index contributed by atoms with van der Waals surface area (Å²) in [5.74, 6) is -1.16. The predicted octanol–water partition coefficient (Wildman–Crippen LogP) is 0.205. The van der Waals surface area contributed by atoms with Crippen LogP contribution in [0.1, 0.15) is 16.8 Å². The number of nitrogens with one attached hydrogen (secondary N) is 4. The summed E-state index contributed by atoms with van der Waals surface area (Å²) < 4.78 is 20.4. The molecule has 1 aliphatic heterocycles. The van der Waals surface area contributed by atoms with E-state index in [1.54, 1.807) is 30.3 Å². The third-order valence-electron chi connectivity index (χ3n) is 4.75. The molecular weight excluding hydrogens is 462 g/mol. The lowest BCUT2D eigenvalue weighted by Crippen LogP contribution is -2.46. The maximum atomic E-state index is 12.5. The lowest BCUT2D eigenvalue weighted by molar-refractivity contribution is -0.138. The molecule has 2 unspecified atom stereocenters. The number of amides is 1. The molecule has 0 aromatic heterocycles. The lowest BCUT2D eigenvalue weighted by Gasteiger charge is -2.16. The number of hydrogen-bond donors (Lipinski definition) is 6. The molecule has 12 heteroatoms. The summed E-state index contributed by atoms with van der Waals surface area (Å²) >= 11 is 0. The third kappa shape index (κ3) is 7.46. The van der Waals surface area contributed by atoms with E-state index in [1.165, 1.54) is 18.2 Å². The topological polar surface area (TPSA) is 161 Å². The number of aliphatic imine (C=N–C) groups is 1. The number of aromatic hydroxyl groups is 1. The van der Waals surface area contributed by atoms with Crippen LogP contribution in [0.3, 0.4) is 0 Å². The number of carboxylic acid groups (broad SMARTS) is 1. The molecule has 2 aromatic rings. The normalized spacial score (nSPS) is 14.8. The monoisotopic (exact) mass is 489 g/mol. The van der Waals surface area contributed by atoms with E-state index in [2.05, 4.69) is 25.7 Å². The van der Waals surface area contributed by atoms with E-state index in [1.807, 2.05) is 0 Å². The molecule has 0 fully saturated rings. The third-order valence-corrected chi connectivity index (χ3v) is 5.94. The van der Waals surface area contributed by atoms with Gasteiger partial charge in [0.1, 0.15) is 35.1 Å². The average Bonchev–Trinajstić information content (AvgIpc) is 2.85. The molecule has 6 N–H and O–H groups in total. The Balaban J connectivity index is 1.48. The van der Waals surface area contributed by atoms with Crippen molar-refractivity contribution < 1.29 is 28.7 Å². The Bertz CT molecular complexity index is 1050. The summed E-state index contributed by atoms with van der Waals surface area (Å²) in [7, 11) is -1.77. The number of nitrogens with zero attached hydrogens (tertiary/aromatic N) is 1. The second kappa shape index (κ2) is 12.6. The van der Waals surface area contributed by atoms with E-state index in [9.17, 15) is 24.0 Å². The highest BCUT2D eigenvalue weighted by molar-refractivity contribution is 7.83. The minimum atomic E-state index is -1.77. The largest absolute Gasteiger partial charge is 0.507 e. The Hall–Kier alpha value is -3.64. The highest BCUT2D eigenvalue weighted by Gasteiger charge is 2.22. The molecule has 34 heavy (non-hydrogen) atoms. The molecule has 11 nitrogen and oxygen atoms in total. The van der Waals surface area contributed by atoms with Crippen molar-refractivity contribution in [3.05, 3.63) is 54.1 Å². The standard InChI is InChI=1S/C22H27N5O6S/c28-19-13-15(33-12-11-25-22-23-9-4-10-24-22)7-8-17(19)20(29)26-14-18(21(30)31)27-34(32)16-5-2-1-3-6-16/h1-3,5-8,13,18,27-28H,4,9-12,14H2,(H,26,29)(H,30,31)(H2,23,24,25). The van der Waals surface area contributed by atoms with Crippen LogP contribution in [0.15, 0.2) is 58.4 Å². The second-order valence-electron chi connectivity index (χ2n) is 7.27. The number of hydrogen-bond acceptors (Lipinski definition) is 8. The number of guanidine groups is 1. The molecule has 3 rings (SSSR count). The molecule has 0 bridgehead atoms. The van der Waals surface area contributed by atoms with E-state index in [-0.39, 0.29) is 17.9 Å². The van der Waals surface area contributed by atoms with Crippen molar-refractivity contribution in [2.75, 3.05) is 32.8 Å². The molecule has 1 aliphatic rings. The fourth-order valence-corrected chi connectivity index (χ4v) is 3.98. The Morgan fingerprint density at radius 3 is 2.68 bits per heavy atom. The van der Waals surface area contributed by atoms with Crippen LogP contribution < -0.4 is 25.4 Å². The highest BCUT2D eigenvalue weighted by Crippen LogP contribution is 2.23. The molecule has 1 amide bonds. The van der Waals surface area contributed by atoms with Crippen molar-refractivity contribution in [1.29, 1.82) is 0 Å². The molecule has 0 saturated carbocycles. The van der Waals surface area contributed by atoms with Gasteiger partial charge in [-0.2, -0.15) is 0 Å². The van der Waals surface area contributed by atoms with Crippen molar-refractivity contribution in [1.82, 2.24) is 20.7 Å². The van der Waals surface area contributed by atoms with Crippen LogP contribution in [0.2, 0.25) is 0 Å². The van der Waals surface area contributed by atoms with Crippen molar-refractivity contribution in [3.63, 3.8) is 0 Å². The number of carbonyl (C=O) groups is 2. The zero-order valence-electron chi connectivity index (χ0n) is 18.3. The molecule has 2 atom stereocenters. The molecular formula is C22H27N5O6S. The quantitative estimate of drug-likeness (QED) is 0.244. The smallest absolute Gasteiger partial charge is 0.323 e. The van der Waals surface area contributed by atoms with Crippen LogP contribution >= 0.6 is 0 Å². The summed E-state index contributed by atoms with van der Waals surface area (Å²) in [5.41, 5.74) is -0.0421. The maximum Gasteiger partial charge on any atom is 0.323 e. The SMILES string of the molecule is O=C(NCC(NS(=O)c1ccccc1)C(=O)O)c1ccc(OCCNC2=NCCCN2)cc1O. The number of phenols is 1. The van der Waals surface area contributed by atoms with Gasteiger partial charge in [0.25, 0.3) is 5.91 Å². The molecule has 1 heterocycles. The Labute approximate surface area is 199 Å². The van der Waals surface area contributed by atoms with Gasteiger partial charge in [-0.1, -0.05) is 18.2 Å². The van der Waals surface area contributed by atoms with Gasteiger partial charge in [0, 0.05) is 25.7 Å². The predicted molar refractivity (Wildman–Crippen MR) is 126 cm³/mol.